The zero-order valence-electron chi connectivity index (χ0n) is 9.26. The summed E-state index contributed by atoms with van der Waals surface area (Å²) in [5.41, 5.74) is 0. The van der Waals surface area contributed by atoms with E-state index in [9.17, 15) is 14.7 Å². The second-order valence-corrected chi connectivity index (χ2v) is 3.81. The van der Waals surface area contributed by atoms with Gasteiger partial charge in [-0.1, -0.05) is 18.2 Å². The maximum Gasteiger partial charge on any atom is 0.309 e. The smallest absolute Gasteiger partial charge is 0.309 e. The second-order valence-electron chi connectivity index (χ2n) is 3.81. The fourth-order valence-corrected chi connectivity index (χ4v) is 1.36. The number of carbonyl (C=O) groups is 2. The molecule has 0 amide bonds. The number of hydrogen-bond donors (Lipinski definition) is 1. The molecule has 88 valence electrons. The molecule has 1 N–H and O–H groups in total. The van der Waals surface area contributed by atoms with Crippen LogP contribution in [0.25, 0.3) is 0 Å². The van der Waals surface area contributed by atoms with E-state index in [-0.39, 0.29) is 24.7 Å². The van der Waals surface area contributed by atoms with Crippen LogP contribution < -0.4 is 0 Å². The molecule has 1 aliphatic rings. The summed E-state index contributed by atoms with van der Waals surface area (Å²) in [5.74, 6) is -0.451. The Labute approximate surface area is 94.6 Å². The van der Waals surface area contributed by atoms with Crippen LogP contribution in [0.15, 0.2) is 24.3 Å². The van der Waals surface area contributed by atoms with E-state index >= 15 is 0 Å². The predicted octanol–water partition coefficient (Wildman–Crippen LogP) is 1.14. The summed E-state index contributed by atoms with van der Waals surface area (Å²) in [5, 5.41) is 9.42. The molecule has 0 bridgehead atoms. The first-order chi connectivity index (χ1) is 7.58. The zero-order valence-corrected chi connectivity index (χ0v) is 9.26. The Hall–Kier alpha value is -1.42. The molecule has 0 spiro atoms. The number of ether oxygens (including phenoxy) is 1. The Kier molecular flexibility index (Phi) is 4.92. The SMILES string of the molecule is C[C@@H]1C/C=C\C(=O)C/C=C\[C@H](O)CC(=O)O1. The topological polar surface area (TPSA) is 63.6 Å². The molecule has 0 fully saturated rings. The van der Waals surface area contributed by atoms with Crippen LogP contribution in [-0.4, -0.2) is 29.1 Å². The van der Waals surface area contributed by atoms with Gasteiger partial charge in [0.1, 0.15) is 6.10 Å². The Bertz CT molecular complexity index is 317. The molecular formula is C12H16O4. The van der Waals surface area contributed by atoms with Gasteiger partial charge in [-0.25, -0.2) is 0 Å². The molecule has 1 aliphatic heterocycles. The van der Waals surface area contributed by atoms with E-state index in [1.54, 1.807) is 19.1 Å². The summed E-state index contributed by atoms with van der Waals surface area (Å²) in [7, 11) is 0. The molecule has 0 saturated carbocycles. The molecule has 1 rings (SSSR count). The number of hydrogen-bond acceptors (Lipinski definition) is 4. The summed E-state index contributed by atoms with van der Waals surface area (Å²) in [6.45, 7) is 1.75. The first kappa shape index (κ1) is 12.6. The van der Waals surface area contributed by atoms with Gasteiger partial charge in [0.05, 0.1) is 12.5 Å². The third-order valence-electron chi connectivity index (χ3n) is 2.16. The molecule has 2 atom stereocenters. The number of cyclic esters (lactones) is 1. The summed E-state index contributed by atoms with van der Waals surface area (Å²) in [4.78, 5) is 22.5. The molecule has 0 saturated heterocycles. The first-order valence-corrected chi connectivity index (χ1v) is 5.31. The van der Waals surface area contributed by atoms with E-state index in [2.05, 4.69) is 0 Å². The lowest BCUT2D eigenvalue weighted by molar-refractivity contribution is -0.149. The monoisotopic (exact) mass is 224 g/mol. The third kappa shape index (κ3) is 4.89. The average molecular weight is 224 g/mol. The molecule has 0 aromatic rings. The lowest BCUT2D eigenvalue weighted by atomic mass is 10.1. The van der Waals surface area contributed by atoms with Crippen LogP contribution in [0.2, 0.25) is 0 Å². The molecular weight excluding hydrogens is 208 g/mol. The summed E-state index contributed by atoms with van der Waals surface area (Å²) in [6.07, 6.45) is 5.72. The van der Waals surface area contributed by atoms with Crippen molar-refractivity contribution in [3.63, 3.8) is 0 Å². The fraction of sp³-hybridized carbons (Fsp3) is 0.500. The Morgan fingerprint density at radius 3 is 2.88 bits per heavy atom. The van der Waals surface area contributed by atoms with Gasteiger partial charge in [0.25, 0.3) is 0 Å². The molecule has 1 heterocycles. The number of allylic oxidation sites excluding steroid dienone is 2. The number of ketones is 1. The van der Waals surface area contributed by atoms with E-state index in [0.717, 1.165) is 0 Å². The predicted molar refractivity (Wildman–Crippen MR) is 58.7 cm³/mol. The number of carbonyl (C=O) groups excluding carboxylic acids is 2. The zero-order chi connectivity index (χ0) is 12.0. The quantitative estimate of drug-likeness (QED) is 0.495. The van der Waals surface area contributed by atoms with Crippen LogP contribution in [0.1, 0.15) is 26.2 Å². The maximum absolute atomic E-state index is 11.3. The van der Waals surface area contributed by atoms with Crippen LogP contribution in [0.4, 0.5) is 0 Å². The number of esters is 1. The van der Waals surface area contributed by atoms with E-state index in [1.165, 1.54) is 12.2 Å². The van der Waals surface area contributed by atoms with Crippen LogP contribution in [0, 0.1) is 0 Å². The van der Waals surface area contributed by atoms with Gasteiger partial charge in [0.15, 0.2) is 5.78 Å². The van der Waals surface area contributed by atoms with Crippen molar-refractivity contribution in [3.05, 3.63) is 24.3 Å². The van der Waals surface area contributed by atoms with Gasteiger partial charge in [0.2, 0.25) is 0 Å². The van der Waals surface area contributed by atoms with Crippen molar-refractivity contribution in [1.29, 1.82) is 0 Å². The number of aliphatic hydroxyl groups excluding tert-OH is 1. The minimum absolute atomic E-state index is 0.0254. The molecule has 4 heteroatoms. The normalized spacial score (nSPS) is 32.1. The van der Waals surface area contributed by atoms with Gasteiger partial charge in [-0.05, 0) is 13.0 Å². The lowest BCUT2D eigenvalue weighted by Gasteiger charge is -2.12. The lowest BCUT2D eigenvalue weighted by Crippen LogP contribution is -2.19. The number of aliphatic hydroxyl groups is 1. The standard InChI is InChI=1S/C12H16O4/c1-9-4-2-5-10(13)6-3-7-11(14)8-12(15)16-9/h2-3,5,7,9,11,14H,4,6,8H2,1H3/b5-2-,7-3-/t9-,11+/m1/s1. The third-order valence-corrected chi connectivity index (χ3v) is 2.16. The Morgan fingerprint density at radius 2 is 2.12 bits per heavy atom. The van der Waals surface area contributed by atoms with Gasteiger partial charge in [0, 0.05) is 12.8 Å². The van der Waals surface area contributed by atoms with Crippen molar-refractivity contribution in [1.82, 2.24) is 0 Å². The molecule has 0 aliphatic carbocycles. The highest BCUT2D eigenvalue weighted by atomic mass is 16.5. The maximum atomic E-state index is 11.3. The van der Waals surface area contributed by atoms with Crippen LogP contribution in [-0.2, 0) is 14.3 Å². The van der Waals surface area contributed by atoms with Crippen LogP contribution >= 0.6 is 0 Å². The van der Waals surface area contributed by atoms with Gasteiger partial charge in [-0.2, -0.15) is 0 Å². The largest absolute Gasteiger partial charge is 0.462 e. The molecule has 16 heavy (non-hydrogen) atoms. The highest BCUT2D eigenvalue weighted by molar-refractivity contribution is 5.90. The van der Waals surface area contributed by atoms with Crippen LogP contribution in [0.3, 0.4) is 0 Å². The number of rotatable bonds is 0. The summed E-state index contributed by atoms with van der Waals surface area (Å²) >= 11 is 0. The van der Waals surface area contributed by atoms with Crippen molar-refractivity contribution in [3.8, 4) is 0 Å². The van der Waals surface area contributed by atoms with E-state index in [1.807, 2.05) is 0 Å². The molecule has 0 aromatic heterocycles. The molecule has 0 unspecified atom stereocenters. The van der Waals surface area contributed by atoms with Gasteiger partial charge in [-0.3, -0.25) is 9.59 Å². The average Bonchev–Trinajstić information content (AvgIpc) is 2.15. The Morgan fingerprint density at radius 1 is 1.38 bits per heavy atom. The molecule has 4 nitrogen and oxygen atoms in total. The molecule has 0 radical (unpaired) electrons. The van der Waals surface area contributed by atoms with Crippen molar-refractivity contribution in [2.45, 2.75) is 38.4 Å². The van der Waals surface area contributed by atoms with E-state index < -0.39 is 12.1 Å². The summed E-state index contributed by atoms with van der Waals surface area (Å²) < 4.78 is 5.03. The van der Waals surface area contributed by atoms with Gasteiger partial charge in [-0.15, -0.1) is 0 Å². The highest BCUT2D eigenvalue weighted by Crippen LogP contribution is 2.06. The van der Waals surface area contributed by atoms with Crippen molar-refractivity contribution in [2.24, 2.45) is 0 Å². The summed E-state index contributed by atoms with van der Waals surface area (Å²) in [6, 6.07) is 0. The minimum atomic E-state index is -0.879. The van der Waals surface area contributed by atoms with Gasteiger partial charge >= 0.3 is 5.97 Å². The highest BCUT2D eigenvalue weighted by Gasteiger charge is 2.13. The van der Waals surface area contributed by atoms with Crippen molar-refractivity contribution in [2.75, 3.05) is 0 Å². The van der Waals surface area contributed by atoms with Crippen molar-refractivity contribution >= 4 is 11.8 Å². The minimum Gasteiger partial charge on any atom is -0.462 e. The second kappa shape index (κ2) is 6.23. The van der Waals surface area contributed by atoms with Crippen molar-refractivity contribution < 1.29 is 19.4 Å². The van der Waals surface area contributed by atoms with Crippen LogP contribution in [0.5, 0.6) is 0 Å². The van der Waals surface area contributed by atoms with E-state index in [4.69, 9.17) is 4.74 Å². The first-order valence-electron chi connectivity index (χ1n) is 5.31. The fourth-order valence-electron chi connectivity index (χ4n) is 1.36. The van der Waals surface area contributed by atoms with Gasteiger partial charge < -0.3 is 9.84 Å². The Balaban J connectivity index is 2.67. The molecule has 0 aromatic carbocycles. The van der Waals surface area contributed by atoms with E-state index in [0.29, 0.717) is 6.42 Å².